The number of halogens is 2. The van der Waals surface area contributed by atoms with Crippen LogP contribution in [0.25, 0.3) is 0 Å². The highest BCUT2D eigenvalue weighted by Gasteiger charge is 2.38. The van der Waals surface area contributed by atoms with Crippen LogP contribution in [0, 0.1) is 17.6 Å². The van der Waals surface area contributed by atoms with Gasteiger partial charge in [-0.25, -0.2) is 8.78 Å². The van der Waals surface area contributed by atoms with Crippen molar-refractivity contribution in [3.05, 3.63) is 28.8 Å². The molecule has 3 rings (SSSR count). The number of hydrogen-bond donors (Lipinski definition) is 1. The van der Waals surface area contributed by atoms with Crippen molar-refractivity contribution in [2.24, 2.45) is 5.92 Å². The maximum Gasteiger partial charge on any atom is 0.303 e. The van der Waals surface area contributed by atoms with Crippen LogP contribution in [0.15, 0.2) is 6.07 Å². The molecule has 1 saturated carbocycles. The summed E-state index contributed by atoms with van der Waals surface area (Å²) >= 11 is 0. The zero-order valence-corrected chi connectivity index (χ0v) is 10.3. The fraction of sp³-hybridized carbons (Fsp3) is 0.500. The fourth-order valence-corrected chi connectivity index (χ4v) is 2.92. The van der Waals surface area contributed by atoms with Crippen molar-refractivity contribution in [3.8, 4) is 5.75 Å². The van der Waals surface area contributed by atoms with Crippen molar-refractivity contribution < 1.29 is 23.4 Å². The number of carbonyl (C=O) groups is 1. The summed E-state index contributed by atoms with van der Waals surface area (Å²) in [5, 5.41) is 8.99. The number of rotatable bonds is 4. The van der Waals surface area contributed by atoms with E-state index in [-0.39, 0.29) is 24.0 Å². The van der Waals surface area contributed by atoms with Crippen molar-refractivity contribution in [3.63, 3.8) is 0 Å². The maximum atomic E-state index is 14.1. The van der Waals surface area contributed by atoms with Gasteiger partial charge in [0.05, 0.1) is 13.0 Å². The van der Waals surface area contributed by atoms with Gasteiger partial charge in [0.1, 0.15) is 5.82 Å². The van der Waals surface area contributed by atoms with E-state index in [2.05, 4.69) is 0 Å². The highest BCUT2D eigenvalue weighted by molar-refractivity contribution is 5.68. The molecule has 0 spiro atoms. The third-order valence-corrected chi connectivity index (χ3v) is 3.88. The smallest absolute Gasteiger partial charge is 0.303 e. The number of aliphatic carboxylic acids is 1. The Kier molecular flexibility index (Phi) is 2.92. The second kappa shape index (κ2) is 4.47. The minimum absolute atomic E-state index is 0.104. The molecule has 0 aromatic heterocycles. The van der Waals surface area contributed by atoms with Crippen LogP contribution in [0.4, 0.5) is 8.78 Å². The molecule has 1 atom stereocenters. The minimum atomic E-state index is -0.951. The third kappa shape index (κ3) is 2.17. The lowest BCUT2D eigenvalue weighted by Gasteiger charge is -2.18. The van der Waals surface area contributed by atoms with E-state index in [9.17, 15) is 13.6 Å². The Morgan fingerprint density at radius 2 is 2.16 bits per heavy atom. The van der Waals surface area contributed by atoms with Gasteiger partial charge in [-0.05, 0) is 24.3 Å². The molecule has 102 valence electrons. The Morgan fingerprint density at radius 1 is 1.42 bits per heavy atom. The molecule has 0 radical (unpaired) electrons. The Morgan fingerprint density at radius 3 is 2.79 bits per heavy atom. The van der Waals surface area contributed by atoms with E-state index in [0.717, 1.165) is 18.9 Å². The van der Waals surface area contributed by atoms with Crippen molar-refractivity contribution >= 4 is 5.97 Å². The van der Waals surface area contributed by atoms with E-state index < -0.39 is 17.6 Å². The van der Waals surface area contributed by atoms with Gasteiger partial charge in [0.2, 0.25) is 0 Å². The Hall–Kier alpha value is -1.65. The lowest BCUT2D eigenvalue weighted by Crippen LogP contribution is -2.12. The van der Waals surface area contributed by atoms with Gasteiger partial charge in [-0.1, -0.05) is 0 Å². The molecule has 19 heavy (non-hydrogen) atoms. The topological polar surface area (TPSA) is 46.5 Å². The highest BCUT2D eigenvalue weighted by atomic mass is 19.1. The van der Waals surface area contributed by atoms with Crippen molar-refractivity contribution in [1.29, 1.82) is 0 Å². The lowest BCUT2D eigenvalue weighted by atomic mass is 9.86. The molecule has 1 heterocycles. The first kappa shape index (κ1) is 12.4. The minimum Gasteiger partial charge on any atom is -0.490 e. The van der Waals surface area contributed by atoms with Gasteiger partial charge in [0.15, 0.2) is 11.6 Å². The number of benzene rings is 1. The summed E-state index contributed by atoms with van der Waals surface area (Å²) in [7, 11) is 0. The van der Waals surface area contributed by atoms with Gasteiger partial charge in [-0.15, -0.1) is 0 Å². The quantitative estimate of drug-likeness (QED) is 0.913. The molecule has 1 aromatic carbocycles. The second-order valence-corrected chi connectivity index (χ2v) is 5.20. The molecule has 1 aliphatic heterocycles. The largest absolute Gasteiger partial charge is 0.490 e. The van der Waals surface area contributed by atoms with Gasteiger partial charge < -0.3 is 9.84 Å². The average Bonchev–Trinajstić information content (AvgIpc) is 3.05. The van der Waals surface area contributed by atoms with Crippen LogP contribution in [-0.2, 0) is 11.2 Å². The monoisotopic (exact) mass is 268 g/mol. The first-order valence-corrected chi connectivity index (χ1v) is 6.43. The van der Waals surface area contributed by atoms with Crippen LogP contribution in [-0.4, -0.2) is 17.7 Å². The number of carboxylic acids is 1. The summed E-state index contributed by atoms with van der Waals surface area (Å²) < 4.78 is 32.9. The van der Waals surface area contributed by atoms with E-state index in [4.69, 9.17) is 9.84 Å². The fourth-order valence-electron chi connectivity index (χ4n) is 2.92. The predicted octanol–water partition coefficient (Wildman–Crippen LogP) is 2.87. The normalized spacial score (nSPS) is 18.8. The molecule has 1 unspecified atom stereocenters. The lowest BCUT2D eigenvalue weighted by molar-refractivity contribution is -0.137. The predicted molar refractivity (Wildman–Crippen MR) is 63.3 cm³/mol. The van der Waals surface area contributed by atoms with Gasteiger partial charge >= 0.3 is 5.97 Å². The molecular formula is C14H14F2O3. The van der Waals surface area contributed by atoms with E-state index in [0.29, 0.717) is 24.2 Å². The highest BCUT2D eigenvalue weighted by Crippen LogP contribution is 2.48. The molecule has 3 nitrogen and oxygen atoms in total. The van der Waals surface area contributed by atoms with Crippen LogP contribution in [0.5, 0.6) is 5.75 Å². The summed E-state index contributed by atoms with van der Waals surface area (Å²) in [5.41, 5.74) is 0.884. The van der Waals surface area contributed by atoms with E-state index >= 15 is 0 Å². The Bertz CT molecular complexity index is 538. The SMILES string of the molecule is O=C(O)CC(c1c(F)cc(F)c2c1CCO2)C1CC1. The van der Waals surface area contributed by atoms with Gasteiger partial charge in [0, 0.05) is 24.0 Å². The first-order chi connectivity index (χ1) is 9.08. The summed E-state index contributed by atoms with van der Waals surface area (Å²) in [4.78, 5) is 11.0. The molecule has 1 aliphatic carbocycles. The number of fused-ring (bicyclic) bond motifs is 1. The summed E-state index contributed by atoms with van der Waals surface area (Å²) in [6.07, 6.45) is 2.15. The Balaban J connectivity index is 2.07. The van der Waals surface area contributed by atoms with Gasteiger partial charge in [-0.3, -0.25) is 4.79 Å². The number of carboxylic acid groups (broad SMARTS) is 1. The molecule has 1 N–H and O–H groups in total. The van der Waals surface area contributed by atoms with Crippen LogP contribution in [0.2, 0.25) is 0 Å². The molecule has 1 fully saturated rings. The average molecular weight is 268 g/mol. The summed E-state index contributed by atoms with van der Waals surface area (Å²) in [6, 6.07) is 0.816. The standard InChI is InChI=1S/C14H14F2O3/c15-10-6-11(16)14-8(3-4-19-14)13(10)9(5-12(17)18)7-1-2-7/h6-7,9H,1-5H2,(H,17,18). The summed E-state index contributed by atoms with van der Waals surface area (Å²) in [5.74, 6) is -2.35. The number of hydrogen-bond acceptors (Lipinski definition) is 2. The third-order valence-electron chi connectivity index (χ3n) is 3.88. The van der Waals surface area contributed by atoms with Crippen LogP contribution in [0.3, 0.4) is 0 Å². The molecule has 1 aromatic rings. The van der Waals surface area contributed by atoms with Crippen LogP contribution >= 0.6 is 0 Å². The molecule has 5 heteroatoms. The molecule has 0 saturated heterocycles. The maximum absolute atomic E-state index is 14.1. The van der Waals surface area contributed by atoms with Gasteiger partial charge in [0.25, 0.3) is 0 Å². The van der Waals surface area contributed by atoms with Crippen molar-refractivity contribution in [1.82, 2.24) is 0 Å². The number of ether oxygens (including phenoxy) is 1. The molecular weight excluding hydrogens is 254 g/mol. The van der Waals surface area contributed by atoms with E-state index in [1.165, 1.54) is 0 Å². The molecule has 0 amide bonds. The van der Waals surface area contributed by atoms with E-state index in [1.807, 2.05) is 0 Å². The van der Waals surface area contributed by atoms with Crippen molar-refractivity contribution in [2.75, 3.05) is 6.61 Å². The Labute approximate surface area is 109 Å². The zero-order valence-electron chi connectivity index (χ0n) is 10.3. The molecule has 0 bridgehead atoms. The molecule has 2 aliphatic rings. The zero-order chi connectivity index (χ0) is 13.6. The van der Waals surface area contributed by atoms with Crippen LogP contribution < -0.4 is 4.74 Å². The first-order valence-electron chi connectivity index (χ1n) is 6.43. The van der Waals surface area contributed by atoms with Crippen molar-refractivity contribution in [2.45, 2.75) is 31.6 Å². The van der Waals surface area contributed by atoms with Gasteiger partial charge in [-0.2, -0.15) is 0 Å². The second-order valence-electron chi connectivity index (χ2n) is 5.20. The summed E-state index contributed by atoms with van der Waals surface area (Å²) in [6.45, 7) is 0.327. The van der Waals surface area contributed by atoms with Crippen LogP contribution in [0.1, 0.15) is 36.3 Å². The van der Waals surface area contributed by atoms with E-state index in [1.54, 1.807) is 0 Å².